The van der Waals surface area contributed by atoms with Gasteiger partial charge in [0.05, 0.1) is 23.0 Å². The molecule has 0 spiro atoms. The highest BCUT2D eigenvalue weighted by Gasteiger charge is 2.31. The molecule has 0 radical (unpaired) electrons. The topological polar surface area (TPSA) is 56.3 Å². The third-order valence-electron chi connectivity index (χ3n) is 4.09. The number of nitrogens with zero attached hydrogens (tertiary/aromatic N) is 3. The molecule has 0 bridgehead atoms. The van der Waals surface area contributed by atoms with Crippen LogP contribution in [0.1, 0.15) is 18.4 Å². The number of fused-ring (bicyclic) bond motifs is 1. The summed E-state index contributed by atoms with van der Waals surface area (Å²) in [5, 5.41) is 8.98. The van der Waals surface area contributed by atoms with Gasteiger partial charge < -0.3 is 10.6 Å². The molecule has 1 aromatic carbocycles. The minimum absolute atomic E-state index is 0.670. The summed E-state index contributed by atoms with van der Waals surface area (Å²) in [7, 11) is 0. The standard InChI is InChI=1S/C14H18N4/c15-9-11-3-4-13(16)14(8-11)18-7-6-17-5-1-2-12(17)10-18/h3-4,8,12H,1-2,5-7,10,16H2. The van der Waals surface area contributed by atoms with Crippen molar-refractivity contribution in [2.24, 2.45) is 0 Å². The Morgan fingerprint density at radius 2 is 2.17 bits per heavy atom. The first-order chi connectivity index (χ1) is 8.78. The number of nitrogens with two attached hydrogens (primary N) is 1. The molecule has 2 fully saturated rings. The summed E-state index contributed by atoms with van der Waals surface area (Å²) in [4.78, 5) is 4.91. The second-order valence-electron chi connectivity index (χ2n) is 5.16. The monoisotopic (exact) mass is 242 g/mol. The molecule has 2 aliphatic heterocycles. The van der Waals surface area contributed by atoms with E-state index in [-0.39, 0.29) is 0 Å². The van der Waals surface area contributed by atoms with Gasteiger partial charge in [0.2, 0.25) is 0 Å². The van der Waals surface area contributed by atoms with Gasteiger partial charge in [-0.25, -0.2) is 0 Å². The molecule has 4 nitrogen and oxygen atoms in total. The van der Waals surface area contributed by atoms with Gasteiger partial charge >= 0.3 is 0 Å². The van der Waals surface area contributed by atoms with Crippen molar-refractivity contribution in [1.82, 2.24) is 4.90 Å². The Hall–Kier alpha value is -1.73. The van der Waals surface area contributed by atoms with Crippen molar-refractivity contribution >= 4 is 11.4 Å². The van der Waals surface area contributed by atoms with E-state index in [0.29, 0.717) is 11.6 Å². The summed E-state index contributed by atoms with van der Waals surface area (Å²) < 4.78 is 0. The lowest BCUT2D eigenvalue weighted by molar-refractivity contribution is 0.231. The molecule has 2 aliphatic rings. The van der Waals surface area contributed by atoms with Crippen molar-refractivity contribution in [2.75, 3.05) is 36.8 Å². The maximum Gasteiger partial charge on any atom is 0.0992 e. The average molecular weight is 242 g/mol. The van der Waals surface area contributed by atoms with Crippen LogP contribution < -0.4 is 10.6 Å². The molecule has 94 valence electrons. The fourth-order valence-corrected chi connectivity index (χ4v) is 3.10. The van der Waals surface area contributed by atoms with Crippen LogP contribution >= 0.6 is 0 Å². The van der Waals surface area contributed by atoms with E-state index < -0.39 is 0 Å². The van der Waals surface area contributed by atoms with E-state index in [9.17, 15) is 0 Å². The van der Waals surface area contributed by atoms with Crippen LogP contribution in [0, 0.1) is 11.3 Å². The number of nitriles is 1. The van der Waals surface area contributed by atoms with Crippen molar-refractivity contribution in [2.45, 2.75) is 18.9 Å². The fourth-order valence-electron chi connectivity index (χ4n) is 3.10. The Bertz CT molecular complexity index is 491. The number of hydrogen-bond acceptors (Lipinski definition) is 4. The highest BCUT2D eigenvalue weighted by atomic mass is 15.3. The van der Waals surface area contributed by atoms with Gasteiger partial charge in [-0.3, -0.25) is 4.90 Å². The number of nitrogen functional groups attached to an aromatic ring is 1. The highest BCUT2D eigenvalue weighted by molar-refractivity contribution is 5.70. The van der Waals surface area contributed by atoms with E-state index >= 15 is 0 Å². The first kappa shape index (κ1) is 11.4. The number of anilines is 2. The highest BCUT2D eigenvalue weighted by Crippen LogP contribution is 2.29. The molecule has 0 saturated carbocycles. The molecule has 18 heavy (non-hydrogen) atoms. The van der Waals surface area contributed by atoms with Crippen LogP contribution in [0.4, 0.5) is 11.4 Å². The molecule has 3 rings (SSSR count). The molecule has 0 aliphatic carbocycles. The number of piperazine rings is 1. The van der Waals surface area contributed by atoms with Gasteiger partial charge in [0.25, 0.3) is 0 Å². The summed E-state index contributed by atoms with van der Waals surface area (Å²) in [6, 6.07) is 8.40. The van der Waals surface area contributed by atoms with Crippen LogP contribution in [0.15, 0.2) is 18.2 Å². The first-order valence-corrected chi connectivity index (χ1v) is 6.56. The predicted octanol–water partition coefficient (Wildman–Crippen LogP) is 1.42. The Morgan fingerprint density at radius 1 is 1.28 bits per heavy atom. The van der Waals surface area contributed by atoms with E-state index in [1.54, 1.807) is 6.07 Å². The summed E-state index contributed by atoms with van der Waals surface area (Å²) >= 11 is 0. The van der Waals surface area contributed by atoms with Crippen LogP contribution in [0.5, 0.6) is 0 Å². The zero-order valence-electron chi connectivity index (χ0n) is 10.5. The molecule has 2 saturated heterocycles. The third-order valence-corrected chi connectivity index (χ3v) is 4.09. The quantitative estimate of drug-likeness (QED) is 0.757. The van der Waals surface area contributed by atoms with Crippen molar-refractivity contribution in [1.29, 1.82) is 5.26 Å². The SMILES string of the molecule is N#Cc1ccc(N)c(N2CCN3CCCC3C2)c1. The normalized spacial score (nSPS) is 23.7. The molecule has 4 heteroatoms. The van der Waals surface area contributed by atoms with Crippen molar-refractivity contribution in [3.63, 3.8) is 0 Å². The zero-order valence-corrected chi connectivity index (χ0v) is 10.5. The fraction of sp³-hybridized carbons (Fsp3) is 0.500. The summed E-state index contributed by atoms with van der Waals surface area (Å²) in [6.07, 6.45) is 2.60. The van der Waals surface area contributed by atoms with Gasteiger partial charge in [-0.15, -0.1) is 0 Å². The third kappa shape index (κ3) is 1.91. The van der Waals surface area contributed by atoms with Gasteiger partial charge in [0, 0.05) is 25.7 Å². The van der Waals surface area contributed by atoms with E-state index in [2.05, 4.69) is 15.9 Å². The maximum absolute atomic E-state index is 8.98. The molecule has 1 aromatic rings. The molecule has 2 heterocycles. The molecular formula is C14H18N4. The number of rotatable bonds is 1. The second-order valence-corrected chi connectivity index (χ2v) is 5.16. The van der Waals surface area contributed by atoms with Gasteiger partial charge in [0.15, 0.2) is 0 Å². The Balaban J connectivity index is 1.84. The number of benzene rings is 1. The lowest BCUT2D eigenvalue weighted by atomic mass is 10.1. The predicted molar refractivity (Wildman–Crippen MR) is 72.4 cm³/mol. The van der Waals surface area contributed by atoms with Crippen molar-refractivity contribution in [3.05, 3.63) is 23.8 Å². The van der Waals surface area contributed by atoms with Gasteiger partial charge in [-0.05, 0) is 37.6 Å². The molecule has 1 unspecified atom stereocenters. The van der Waals surface area contributed by atoms with Crippen LogP contribution in [-0.4, -0.2) is 37.1 Å². The van der Waals surface area contributed by atoms with Gasteiger partial charge in [-0.1, -0.05) is 0 Å². The van der Waals surface area contributed by atoms with Crippen molar-refractivity contribution < 1.29 is 0 Å². The summed E-state index contributed by atoms with van der Waals surface area (Å²) in [6.45, 7) is 4.40. The lowest BCUT2D eigenvalue weighted by Crippen LogP contribution is -2.50. The maximum atomic E-state index is 8.98. The number of hydrogen-bond donors (Lipinski definition) is 1. The van der Waals surface area contributed by atoms with E-state index in [0.717, 1.165) is 31.0 Å². The molecule has 1 atom stereocenters. The van der Waals surface area contributed by atoms with E-state index in [4.69, 9.17) is 11.0 Å². The molecule has 0 aromatic heterocycles. The molecular weight excluding hydrogens is 224 g/mol. The second kappa shape index (κ2) is 4.51. The van der Waals surface area contributed by atoms with E-state index in [1.165, 1.54) is 19.4 Å². The zero-order chi connectivity index (χ0) is 12.5. The Morgan fingerprint density at radius 3 is 3.00 bits per heavy atom. The molecule has 0 amide bonds. The minimum Gasteiger partial charge on any atom is -0.397 e. The molecule has 2 N–H and O–H groups in total. The smallest absolute Gasteiger partial charge is 0.0992 e. The first-order valence-electron chi connectivity index (χ1n) is 6.56. The van der Waals surface area contributed by atoms with Crippen molar-refractivity contribution in [3.8, 4) is 6.07 Å². The van der Waals surface area contributed by atoms with Crippen LogP contribution in [0.3, 0.4) is 0 Å². The minimum atomic E-state index is 0.670. The van der Waals surface area contributed by atoms with Crippen LogP contribution in [0.25, 0.3) is 0 Å². The Kier molecular flexibility index (Phi) is 2.85. The van der Waals surface area contributed by atoms with Crippen LogP contribution in [-0.2, 0) is 0 Å². The van der Waals surface area contributed by atoms with Gasteiger partial charge in [-0.2, -0.15) is 5.26 Å². The van der Waals surface area contributed by atoms with Crippen LogP contribution in [0.2, 0.25) is 0 Å². The summed E-state index contributed by atoms with van der Waals surface area (Å²) in [5.74, 6) is 0. The average Bonchev–Trinajstić information content (AvgIpc) is 2.86. The van der Waals surface area contributed by atoms with E-state index in [1.807, 2.05) is 12.1 Å². The summed E-state index contributed by atoms with van der Waals surface area (Å²) in [5.41, 5.74) is 8.54. The van der Waals surface area contributed by atoms with Gasteiger partial charge in [0.1, 0.15) is 0 Å². The Labute approximate surface area is 108 Å². The largest absolute Gasteiger partial charge is 0.397 e. The lowest BCUT2D eigenvalue weighted by Gasteiger charge is -2.39.